The lowest BCUT2D eigenvalue weighted by Crippen LogP contribution is -2.51. The third-order valence-corrected chi connectivity index (χ3v) is 8.31. The van der Waals surface area contributed by atoms with Gasteiger partial charge >= 0.3 is 0 Å². The van der Waals surface area contributed by atoms with Crippen LogP contribution < -0.4 is 10.6 Å². The van der Waals surface area contributed by atoms with Crippen molar-refractivity contribution in [1.29, 1.82) is 0 Å². The number of nitrogens with zero attached hydrogens (tertiary/aromatic N) is 4. The van der Waals surface area contributed by atoms with Crippen molar-refractivity contribution >= 4 is 33.3 Å². The Bertz CT molecular complexity index is 1570. The summed E-state index contributed by atoms with van der Waals surface area (Å²) in [7, 11) is 0. The van der Waals surface area contributed by atoms with Crippen molar-refractivity contribution in [3.05, 3.63) is 58.8 Å². The summed E-state index contributed by atoms with van der Waals surface area (Å²) in [5.41, 5.74) is -1.18. The van der Waals surface area contributed by atoms with Crippen molar-refractivity contribution < 1.29 is 28.5 Å². The lowest BCUT2D eigenvalue weighted by atomic mass is 9.87. The highest BCUT2D eigenvalue weighted by Crippen LogP contribution is 2.43. The van der Waals surface area contributed by atoms with Crippen molar-refractivity contribution in [2.24, 2.45) is 5.92 Å². The Hall–Kier alpha value is -3.39. The molecule has 0 aliphatic heterocycles. The smallest absolute Gasteiger partial charge is 0.225 e. The van der Waals surface area contributed by atoms with Crippen LogP contribution in [0.1, 0.15) is 43.6 Å². The van der Waals surface area contributed by atoms with E-state index in [1.165, 1.54) is 11.3 Å². The van der Waals surface area contributed by atoms with Gasteiger partial charge in [0.25, 0.3) is 0 Å². The zero-order valence-corrected chi connectivity index (χ0v) is 23.1. The van der Waals surface area contributed by atoms with Gasteiger partial charge in [-0.3, -0.25) is 4.98 Å². The molecule has 1 aromatic carbocycles. The van der Waals surface area contributed by atoms with Crippen molar-refractivity contribution in [3.63, 3.8) is 0 Å². The van der Waals surface area contributed by atoms with Crippen LogP contribution >= 0.6 is 11.3 Å². The number of benzene rings is 1. The van der Waals surface area contributed by atoms with E-state index < -0.39 is 46.4 Å². The molecule has 1 aliphatic rings. The molecule has 0 saturated heterocycles. The molecule has 0 unspecified atom stereocenters. The molecule has 3 atom stereocenters. The second kappa shape index (κ2) is 10.2. The zero-order valence-electron chi connectivity index (χ0n) is 22.3. The summed E-state index contributed by atoms with van der Waals surface area (Å²) >= 11 is 1.37. The summed E-state index contributed by atoms with van der Waals surface area (Å²) in [6.45, 7) is 6.29. The van der Waals surface area contributed by atoms with Gasteiger partial charge in [-0.25, -0.2) is 23.1 Å². The number of aryl methyl sites for hydroxylation is 2. The Morgan fingerprint density at radius 1 is 1.10 bits per heavy atom. The molecule has 0 spiro atoms. The van der Waals surface area contributed by atoms with Crippen LogP contribution in [0.5, 0.6) is 0 Å². The first-order valence-corrected chi connectivity index (χ1v) is 13.5. The van der Waals surface area contributed by atoms with E-state index in [4.69, 9.17) is 4.98 Å². The molecule has 40 heavy (non-hydrogen) atoms. The standard InChI is InChI=1S/C27H29F3N6O3S/c1-12-20(24-34-21-13(2)31-8-6-19(21)40-24)23(36-27(39)7-5-16(22(27)37)26(3,4)38)35-25(33-12)32-11-15-17(29)9-14(28)10-18(15)30/h6,8-10,16,22,37-39H,5,7,11H2,1-4H3,(H2,32,33,35,36)/t16-,22+,27+/m0/s1. The summed E-state index contributed by atoms with van der Waals surface area (Å²) in [6, 6.07) is 3.00. The number of anilines is 2. The first-order valence-electron chi connectivity index (χ1n) is 12.7. The van der Waals surface area contributed by atoms with E-state index in [2.05, 4.69) is 25.6 Å². The van der Waals surface area contributed by atoms with E-state index in [0.29, 0.717) is 40.3 Å². The Kier molecular flexibility index (Phi) is 7.19. The van der Waals surface area contributed by atoms with Crippen LogP contribution in [0.15, 0.2) is 24.4 Å². The lowest BCUT2D eigenvalue weighted by molar-refractivity contribution is -0.0926. The number of thiazole rings is 1. The van der Waals surface area contributed by atoms with Crippen LogP contribution in [-0.4, -0.2) is 52.7 Å². The third kappa shape index (κ3) is 5.21. The number of aromatic nitrogens is 4. The average molecular weight is 575 g/mol. The van der Waals surface area contributed by atoms with Gasteiger partial charge in [0.1, 0.15) is 39.9 Å². The molecule has 1 aliphatic carbocycles. The molecule has 5 N–H and O–H groups in total. The molecule has 9 nitrogen and oxygen atoms in total. The van der Waals surface area contributed by atoms with E-state index in [0.717, 1.165) is 10.4 Å². The highest BCUT2D eigenvalue weighted by atomic mass is 32.1. The highest BCUT2D eigenvalue weighted by molar-refractivity contribution is 7.21. The number of pyridine rings is 1. The van der Waals surface area contributed by atoms with E-state index in [1.807, 2.05) is 13.0 Å². The molecular weight excluding hydrogens is 545 g/mol. The molecule has 0 bridgehead atoms. The number of rotatable bonds is 7. The van der Waals surface area contributed by atoms with Crippen LogP contribution in [0.25, 0.3) is 20.8 Å². The molecule has 4 aromatic rings. The van der Waals surface area contributed by atoms with Gasteiger partial charge in [0, 0.05) is 36.4 Å². The largest absolute Gasteiger partial charge is 0.390 e. The van der Waals surface area contributed by atoms with Gasteiger partial charge in [-0.2, -0.15) is 4.98 Å². The fraction of sp³-hybridized carbons (Fsp3) is 0.407. The summed E-state index contributed by atoms with van der Waals surface area (Å²) in [6.07, 6.45) is 0.796. The number of aliphatic hydroxyl groups is 3. The number of aliphatic hydroxyl groups excluding tert-OH is 1. The SMILES string of the molecule is Cc1nc(NCc2c(F)cc(F)cc2F)nc(N[C@@]2(O)CC[C@H](C(C)(C)O)[C@H]2O)c1-c1nc2c(C)nccc2s1. The summed E-state index contributed by atoms with van der Waals surface area (Å²) in [4.78, 5) is 18.0. The molecule has 1 fully saturated rings. The van der Waals surface area contributed by atoms with E-state index in [-0.39, 0.29) is 24.7 Å². The van der Waals surface area contributed by atoms with Gasteiger partial charge in [0.05, 0.1) is 27.3 Å². The van der Waals surface area contributed by atoms with E-state index >= 15 is 0 Å². The molecule has 212 valence electrons. The first kappa shape index (κ1) is 28.1. The molecule has 13 heteroatoms. The highest BCUT2D eigenvalue weighted by Gasteiger charge is 2.52. The molecule has 0 radical (unpaired) electrons. The molecule has 1 saturated carbocycles. The summed E-state index contributed by atoms with van der Waals surface area (Å²) in [5.74, 6) is -3.67. The number of halogens is 3. The van der Waals surface area contributed by atoms with Gasteiger partial charge in [-0.05, 0) is 46.6 Å². The summed E-state index contributed by atoms with van der Waals surface area (Å²) < 4.78 is 42.7. The summed E-state index contributed by atoms with van der Waals surface area (Å²) in [5, 5.41) is 39.3. The van der Waals surface area contributed by atoms with Gasteiger partial charge < -0.3 is 26.0 Å². The lowest BCUT2D eigenvalue weighted by Gasteiger charge is -2.34. The number of nitrogens with one attached hydrogen (secondary N) is 2. The van der Waals surface area contributed by atoms with Crippen LogP contribution in [0.3, 0.4) is 0 Å². The maximum Gasteiger partial charge on any atom is 0.225 e. The molecular formula is C27H29F3N6O3S. The van der Waals surface area contributed by atoms with Crippen molar-refractivity contribution in [2.45, 2.75) is 64.5 Å². The number of fused-ring (bicyclic) bond motifs is 1. The molecule has 3 heterocycles. The maximum atomic E-state index is 14.2. The molecule has 3 aromatic heterocycles. The van der Waals surface area contributed by atoms with Crippen LogP contribution in [0, 0.1) is 37.2 Å². The minimum absolute atomic E-state index is 0.0269. The second-order valence-electron chi connectivity index (χ2n) is 10.6. The van der Waals surface area contributed by atoms with Crippen LogP contribution in [0.2, 0.25) is 0 Å². The Morgan fingerprint density at radius 3 is 2.42 bits per heavy atom. The number of hydrogen-bond acceptors (Lipinski definition) is 10. The van der Waals surface area contributed by atoms with Gasteiger partial charge in [-0.15, -0.1) is 11.3 Å². The van der Waals surface area contributed by atoms with E-state index in [1.54, 1.807) is 27.0 Å². The van der Waals surface area contributed by atoms with Crippen molar-refractivity contribution in [2.75, 3.05) is 10.6 Å². The first-order chi connectivity index (χ1) is 18.8. The minimum Gasteiger partial charge on any atom is -0.390 e. The Morgan fingerprint density at radius 2 is 1.80 bits per heavy atom. The van der Waals surface area contributed by atoms with Gasteiger partial charge in [0.2, 0.25) is 5.95 Å². The van der Waals surface area contributed by atoms with Crippen LogP contribution in [-0.2, 0) is 6.54 Å². The predicted molar refractivity (Wildman–Crippen MR) is 145 cm³/mol. The van der Waals surface area contributed by atoms with Crippen molar-refractivity contribution in [1.82, 2.24) is 19.9 Å². The van der Waals surface area contributed by atoms with Gasteiger partial charge in [-0.1, -0.05) is 0 Å². The fourth-order valence-corrected chi connectivity index (χ4v) is 6.20. The van der Waals surface area contributed by atoms with Crippen molar-refractivity contribution in [3.8, 4) is 10.6 Å². The second-order valence-corrected chi connectivity index (χ2v) is 11.6. The van der Waals surface area contributed by atoms with Gasteiger partial charge in [0.15, 0.2) is 5.72 Å². The number of hydrogen-bond donors (Lipinski definition) is 5. The monoisotopic (exact) mass is 574 g/mol. The quantitative estimate of drug-likeness (QED) is 0.203. The topological polar surface area (TPSA) is 136 Å². The third-order valence-electron chi connectivity index (χ3n) is 7.27. The van der Waals surface area contributed by atoms with Crippen LogP contribution in [0.4, 0.5) is 24.9 Å². The van der Waals surface area contributed by atoms with E-state index in [9.17, 15) is 28.5 Å². The average Bonchev–Trinajstić information content (AvgIpc) is 3.40. The molecule has 0 amide bonds. The zero-order chi connectivity index (χ0) is 29.0. The predicted octanol–water partition coefficient (Wildman–Crippen LogP) is 4.44. The minimum atomic E-state index is -1.85. The Balaban J connectivity index is 1.56. The maximum absolute atomic E-state index is 14.2. The normalized spacial score (nSPS) is 21.2. The fourth-order valence-electron chi connectivity index (χ4n) is 5.09. The molecule has 5 rings (SSSR count). The Labute approximate surface area is 232 Å².